The fraction of sp³-hybridized carbons (Fsp3) is 0.0556. The van der Waals surface area contributed by atoms with Crippen molar-refractivity contribution in [3.05, 3.63) is 58.9 Å². The molecule has 0 atom stereocenters. The van der Waals surface area contributed by atoms with E-state index in [1.807, 2.05) is 53.9 Å². The Morgan fingerprint density at radius 1 is 1.12 bits per heavy atom. The zero-order chi connectivity index (χ0) is 18.1. The van der Waals surface area contributed by atoms with E-state index >= 15 is 0 Å². The van der Waals surface area contributed by atoms with Gasteiger partial charge in [0.15, 0.2) is 11.5 Å². The van der Waals surface area contributed by atoms with Crippen molar-refractivity contribution in [2.24, 2.45) is 0 Å². The van der Waals surface area contributed by atoms with Gasteiger partial charge in [-0.25, -0.2) is 4.98 Å². The molecular formula is C18H14ClN5OS. The monoisotopic (exact) mass is 383 g/mol. The molecule has 0 aliphatic rings. The molecule has 26 heavy (non-hydrogen) atoms. The van der Waals surface area contributed by atoms with Crippen LogP contribution < -0.4 is 10.5 Å². The van der Waals surface area contributed by atoms with E-state index in [0.29, 0.717) is 21.5 Å². The van der Waals surface area contributed by atoms with Crippen LogP contribution in [-0.4, -0.2) is 27.1 Å². The number of aromatic nitrogens is 4. The summed E-state index contributed by atoms with van der Waals surface area (Å²) >= 11 is 7.70. The fourth-order valence-corrected chi connectivity index (χ4v) is 3.57. The number of methoxy groups -OCH3 is 1. The topological polar surface area (TPSA) is 78.8 Å². The van der Waals surface area contributed by atoms with Gasteiger partial charge in [0.25, 0.3) is 0 Å². The van der Waals surface area contributed by atoms with Crippen LogP contribution in [0.25, 0.3) is 27.6 Å². The van der Waals surface area contributed by atoms with Crippen LogP contribution in [0, 0.1) is 0 Å². The van der Waals surface area contributed by atoms with Crippen molar-refractivity contribution >= 4 is 28.8 Å². The van der Waals surface area contributed by atoms with Crippen LogP contribution in [0.15, 0.2) is 53.9 Å². The molecule has 0 fully saturated rings. The molecule has 0 saturated carbocycles. The van der Waals surface area contributed by atoms with Crippen LogP contribution in [0.1, 0.15) is 0 Å². The lowest BCUT2D eigenvalue weighted by molar-refractivity contribution is 0.414. The summed E-state index contributed by atoms with van der Waals surface area (Å²) in [5.41, 5.74) is 9.26. The van der Waals surface area contributed by atoms with Crippen molar-refractivity contribution in [1.29, 1.82) is 0 Å². The highest BCUT2D eigenvalue weighted by Gasteiger charge is 2.17. The highest BCUT2D eigenvalue weighted by Crippen LogP contribution is 2.34. The molecule has 2 aromatic heterocycles. The Bertz CT molecular complexity index is 1060. The number of anilines is 1. The molecule has 4 rings (SSSR count). The molecule has 4 aromatic rings. The summed E-state index contributed by atoms with van der Waals surface area (Å²) in [6.07, 6.45) is 0. The van der Waals surface area contributed by atoms with Crippen LogP contribution in [0.3, 0.4) is 0 Å². The van der Waals surface area contributed by atoms with Crippen LogP contribution >= 0.6 is 22.9 Å². The minimum atomic E-state index is 0.426. The second-order valence-electron chi connectivity index (χ2n) is 5.45. The summed E-state index contributed by atoms with van der Waals surface area (Å²) in [5, 5.41) is 11.6. The standard InChI is InChI=1S/C18H14ClN5OS/c1-25-12-8-6-11(7-9-12)24-17(20)16(22-23-24)18-21-15(10-26-18)13-4-2-3-5-14(13)19/h2-10H,20H2,1H3. The van der Waals surface area contributed by atoms with Crippen LogP contribution in [0.5, 0.6) is 5.75 Å². The third-order valence-electron chi connectivity index (χ3n) is 3.88. The maximum Gasteiger partial charge on any atom is 0.165 e. The lowest BCUT2D eigenvalue weighted by Gasteiger charge is -2.04. The van der Waals surface area contributed by atoms with Gasteiger partial charge in [-0.3, -0.25) is 0 Å². The molecule has 2 N–H and O–H groups in total. The molecule has 0 unspecified atom stereocenters. The number of halogens is 1. The van der Waals surface area contributed by atoms with Crippen molar-refractivity contribution < 1.29 is 4.74 Å². The number of hydrogen-bond donors (Lipinski definition) is 1. The fourth-order valence-electron chi connectivity index (χ4n) is 2.53. The molecule has 0 amide bonds. The number of nitrogens with two attached hydrogens (primary N) is 1. The normalized spacial score (nSPS) is 10.8. The Labute approximate surface area is 158 Å². The molecular weight excluding hydrogens is 370 g/mol. The lowest BCUT2D eigenvalue weighted by Crippen LogP contribution is -2.02. The molecule has 0 saturated heterocycles. The van der Waals surface area contributed by atoms with E-state index in [1.54, 1.807) is 11.8 Å². The Kier molecular flexibility index (Phi) is 4.32. The van der Waals surface area contributed by atoms with Gasteiger partial charge in [0.1, 0.15) is 10.8 Å². The third kappa shape index (κ3) is 2.91. The van der Waals surface area contributed by atoms with Gasteiger partial charge in [-0.05, 0) is 30.3 Å². The molecule has 0 radical (unpaired) electrons. The zero-order valence-corrected chi connectivity index (χ0v) is 15.3. The minimum absolute atomic E-state index is 0.426. The molecule has 8 heteroatoms. The summed E-state index contributed by atoms with van der Waals surface area (Å²) in [4.78, 5) is 4.63. The first kappa shape index (κ1) is 16.6. The molecule has 2 aromatic carbocycles. The highest BCUT2D eigenvalue weighted by atomic mass is 35.5. The first-order chi connectivity index (χ1) is 12.7. The maximum atomic E-state index is 6.26. The van der Waals surface area contributed by atoms with Gasteiger partial charge >= 0.3 is 0 Å². The van der Waals surface area contributed by atoms with Crippen LogP contribution in [0.4, 0.5) is 5.82 Å². The molecule has 0 spiro atoms. The summed E-state index contributed by atoms with van der Waals surface area (Å²) in [6, 6.07) is 15.0. The first-order valence-electron chi connectivity index (χ1n) is 7.74. The number of benzene rings is 2. The first-order valence-corrected chi connectivity index (χ1v) is 8.99. The van der Waals surface area contributed by atoms with Gasteiger partial charge in [-0.15, -0.1) is 16.4 Å². The SMILES string of the molecule is COc1ccc(-n2nnc(-c3nc(-c4ccccc4Cl)cs3)c2N)cc1. The average molecular weight is 384 g/mol. The van der Waals surface area contributed by atoms with Gasteiger partial charge in [0.2, 0.25) is 0 Å². The molecule has 2 heterocycles. The summed E-state index contributed by atoms with van der Waals surface area (Å²) in [5.74, 6) is 1.19. The predicted octanol–water partition coefficient (Wildman–Crippen LogP) is 4.30. The van der Waals surface area contributed by atoms with E-state index in [1.165, 1.54) is 11.3 Å². The van der Waals surface area contributed by atoms with E-state index < -0.39 is 0 Å². The van der Waals surface area contributed by atoms with Crippen molar-refractivity contribution in [2.45, 2.75) is 0 Å². The second kappa shape index (κ2) is 6.78. The van der Waals surface area contributed by atoms with Gasteiger partial charge in [-0.1, -0.05) is 35.0 Å². The Morgan fingerprint density at radius 2 is 1.88 bits per heavy atom. The Balaban J connectivity index is 1.69. The number of nitrogens with zero attached hydrogens (tertiary/aromatic N) is 4. The third-order valence-corrected chi connectivity index (χ3v) is 5.06. The molecule has 6 nitrogen and oxygen atoms in total. The number of ether oxygens (including phenoxy) is 1. The largest absolute Gasteiger partial charge is 0.497 e. The number of thiazole rings is 1. The van der Waals surface area contributed by atoms with Gasteiger partial charge in [0.05, 0.1) is 18.5 Å². The number of nitrogen functional groups attached to an aromatic ring is 1. The minimum Gasteiger partial charge on any atom is -0.497 e. The maximum absolute atomic E-state index is 6.26. The number of hydrogen-bond acceptors (Lipinski definition) is 6. The van der Waals surface area contributed by atoms with E-state index in [4.69, 9.17) is 22.1 Å². The molecule has 0 aliphatic carbocycles. The van der Waals surface area contributed by atoms with Crippen molar-refractivity contribution in [1.82, 2.24) is 20.0 Å². The summed E-state index contributed by atoms with van der Waals surface area (Å²) < 4.78 is 6.74. The molecule has 0 aliphatic heterocycles. The van der Waals surface area contributed by atoms with E-state index in [9.17, 15) is 0 Å². The van der Waals surface area contributed by atoms with E-state index in [-0.39, 0.29) is 0 Å². The lowest BCUT2D eigenvalue weighted by atomic mass is 10.2. The van der Waals surface area contributed by atoms with E-state index in [2.05, 4.69) is 15.3 Å². The smallest absolute Gasteiger partial charge is 0.165 e. The van der Waals surface area contributed by atoms with Crippen molar-refractivity contribution in [3.63, 3.8) is 0 Å². The van der Waals surface area contributed by atoms with Crippen molar-refractivity contribution in [2.75, 3.05) is 12.8 Å². The molecule has 130 valence electrons. The van der Waals surface area contributed by atoms with Gasteiger partial charge < -0.3 is 10.5 Å². The average Bonchev–Trinajstić information content (AvgIpc) is 3.29. The number of rotatable bonds is 4. The van der Waals surface area contributed by atoms with Crippen LogP contribution in [-0.2, 0) is 0 Å². The zero-order valence-electron chi connectivity index (χ0n) is 13.8. The highest BCUT2D eigenvalue weighted by molar-refractivity contribution is 7.13. The van der Waals surface area contributed by atoms with Crippen LogP contribution in [0.2, 0.25) is 5.02 Å². The predicted molar refractivity (Wildman–Crippen MR) is 104 cm³/mol. The van der Waals surface area contributed by atoms with Crippen molar-refractivity contribution in [3.8, 4) is 33.4 Å². The summed E-state index contributed by atoms with van der Waals surface area (Å²) in [7, 11) is 1.62. The summed E-state index contributed by atoms with van der Waals surface area (Å²) in [6.45, 7) is 0. The van der Waals surface area contributed by atoms with Gasteiger partial charge in [0, 0.05) is 16.0 Å². The van der Waals surface area contributed by atoms with Gasteiger partial charge in [-0.2, -0.15) is 4.68 Å². The Hall–Kier alpha value is -2.90. The second-order valence-corrected chi connectivity index (χ2v) is 6.72. The molecule has 0 bridgehead atoms. The Morgan fingerprint density at radius 3 is 2.62 bits per heavy atom. The van der Waals surface area contributed by atoms with E-state index in [0.717, 1.165) is 22.7 Å². The quantitative estimate of drug-likeness (QED) is 0.568.